The quantitative estimate of drug-likeness (QED) is 0.660. The number of ketones is 1. The van der Waals surface area contributed by atoms with Gasteiger partial charge in [-0.1, -0.05) is 37.3 Å². The van der Waals surface area contributed by atoms with Gasteiger partial charge in [0.05, 0.1) is 6.61 Å². The van der Waals surface area contributed by atoms with Crippen LogP contribution in [0.25, 0.3) is 0 Å². The summed E-state index contributed by atoms with van der Waals surface area (Å²) in [6.45, 7) is 2.35. The monoisotopic (exact) mass is 178 g/mol. The molecule has 0 bridgehead atoms. The van der Waals surface area contributed by atoms with Gasteiger partial charge in [-0.15, -0.1) is 0 Å². The van der Waals surface area contributed by atoms with Crippen LogP contribution in [0.5, 0.6) is 0 Å². The summed E-state index contributed by atoms with van der Waals surface area (Å²) in [5, 5.41) is 0. The summed E-state index contributed by atoms with van der Waals surface area (Å²) < 4.78 is 4.93. The molecule has 2 heteroatoms. The average molecular weight is 178 g/mol. The maximum absolute atomic E-state index is 11.7. The van der Waals surface area contributed by atoms with Crippen LogP contribution in [0.3, 0.4) is 0 Å². The van der Waals surface area contributed by atoms with Crippen molar-refractivity contribution in [3.63, 3.8) is 0 Å². The van der Waals surface area contributed by atoms with Gasteiger partial charge in [-0.25, -0.2) is 0 Å². The van der Waals surface area contributed by atoms with E-state index in [0.717, 1.165) is 5.56 Å². The minimum atomic E-state index is -0.0626. The number of Topliss-reactive ketones (excluding diaryl/α,β-unsaturated/α-hetero) is 1. The minimum Gasteiger partial charge on any atom is -0.384 e. The molecule has 1 aromatic carbocycles. The SMILES string of the molecule is COC[C@H](C)C(=O)c1ccccc1. The lowest BCUT2D eigenvalue weighted by molar-refractivity contribution is 0.0830. The predicted molar refractivity (Wildman–Crippen MR) is 51.8 cm³/mol. The first-order valence-electron chi connectivity index (χ1n) is 4.34. The Morgan fingerprint density at radius 3 is 2.54 bits per heavy atom. The Bertz CT molecular complexity index is 267. The van der Waals surface area contributed by atoms with Crippen LogP contribution in [0.4, 0.5) is 0 Å². The molecule has 0 fully saturated rings. The molecule has 0 amide bonds. The summed E-state index contributed by atoms with van der Waals surface area (Å²) in [6.07, 6.45) is 0. The Morgan fingerprint density at radius 2 is 2.00 bits per heavy atom. The fraction of sp³-hybridized carbons (Fsp3) is 0.364. The van der Waals surface area contributed by atoms with E-state index in [4.69, 9.17) is 4.74 Å². The molecule has 0 N–H and O–H groups in total. The molecular formula is C11H14O2. The van der Waals surface area contributed by atoms with E-state index in [-0.39, 0.29) is 11.7 Å². The number of rotatable bonds is 4. The molecule has 0 saturated heterocycles. The zero-order valence-electron chi connectivity index (χ0n) is 7.99. The molecule has 0 aliphatic heterocycles. The van der Waals surface area contributed by atoms with Gasteiger partial charge >= 0.3 is 0 Å². The largest absolute Gasteiger partial charge is 0.384 e. The average Bonchev–Trinajstić information content (AvgIpc) is 2.18. The predicted octanol–water partition coefficient (Wildman–Crippen LogP) is 2.15. The number of ether oxygens (including phenoxy) is 1. The van der Waals surface area contributed by atoms with E-state index in [9.17, 15) is 4.79 Å². The van der Waals surface area contributed by atoms with Crippen LogP contribution in [0, 0.1) is 5.92 Å². The maximum Gasteiger partial charge on any atom is 0.167 e. The van der Waals surface area contributed by atoms with E-state index in [1.54, 1.807) is 7.11 Å². The molecule has 0 aliphatic carbocycles. The smallest absolute Gasteiger partial charge is 0.167 e. The molecule has 0 aromatic heterocycles. The topological polar surface area (TPSA) is 26.3 Å². The lowest BCUT2D eigenvalue weighted by Crippen LogP contribution is -2.16. The molecule has 1 rings (SSSR count). The van der Waals surface area contributed by atoms with Crippen LogP contribution >= 0.6 is 0 Å². The van der Waals surface area contributed by atoms with Gasteiger partial charge in [-0.05, 0) is 0 Å². The highest BCUT2D eigenvalue weighted by Crippen LogP contribution is 2.08. The summed E-state index contributed by atoms with van der Waals surface area (Å²) in [5.41, 5.74) is 0.757. The highest BCUT2D eigenvalue weighted by Gasteiger charge is 2.13. The van der Waals surface area contributed by atoms with Gasteiger partial charge in [0.1, 0.15) is 0 Å². The first kappa shape index (κ1) is 9.93. The van der Waals surface area contributed by atoms with Crippen LogP contribution in [0.1, 0.15) is 17.3 Å². The summed E-state index contributed by atoms with van der Waals surface area (Å²) in [7, 11) is 1.61. The van der Waals surface area contributed by atoms with Gasteiger partial charge in [0, 0.05) is 18.6 Å². The second-order valence-electron chi connectivity index (χ2n) is 3.09. The summed E-state index contributed by atoms with van der Waals surface area (Å²) in [4.78, 5) is 11.7. The minimum absolute atomic E-state index is 0.0626. The van der Waals surface area contributed by atoms with Gasteiger partial charge in [0.25, 0.3) is 0 Å². The van der Waals surface area contributed by atoms with E-state index in [1.165, 1.54) is 0 Å². The Balaban J connectivity index is 2.68. The lowest BCUT2D eigenvalue weighted by Gasteiger charge is -2.08. The second kappa shape index (κ2) is 4.77. The van der Waals surface area contributed by atoms with Gasteiger partial charge in [0.15, 0.2) is 5.78 Å². The Kier molecular flexibility index (Phi) is 3.65. The number of carbonyl (C=O) groups is 1. The fourth-order valence-corrected chi connectivity index (χ4v) is 1.21. The van der Waals surface area contributed by atoms with Crippen molar-refractivity contribution in [2.45, 2.75) is 6.92 Å². The van der Waals surface area contributed by atoms with E-state index in [1.807, 2.05) is 37.3 Å². The molecule has 0 radical (unpaired) electrons. The molecule has 0 unspecified atom stereocenters. The zero-order chi connectivity index (χ0) is 9.68. The summed E-state index contributed by atoms with van der Waals surface area (Å²) in [6, 6.07) is 9.29. The van der Waals surface area contributed by atoms with E-state index in [2.05, 4.69) is 0 Å². The molecule has 0 heterocycles. The third-order valence-electron chi connectivity index (χ3n) is 1.92. The van der Waals surface area contributed by atoms with Crippen molar-refractivity contribution in [1.29, 1.82) is 0 Å². The van der Waals surface area contributed by atoms with E-state index < -0.39 is 0 Å². The molecule has 2 nitrogen and oxygen atoms in total. The molecule has 1 atom stereocenters. The highest BCUT2D eigenvalue weighted by molar-refractivity contribution is 5.97. The molecule has 70 valence electrons. The summed E-state index contributed by atoms with van der Waals surface area (Å²) >= 11 is 0. The zero-order valence-corrected chi connectivity index (χ0v) is 7.99. The Hall–Kier alpha value is -1.15. The number of benzene rings is 1. The van der Waals surface area contributed by atoms with Crippen LogP contribution in [-0.2, 0) is 4.74 Å². The van der Waals surface area contributed by atoms with Gasteiger partial charge in [-0.3, -0.25) is 4.79 Å². The standard InChI is InChI=1S/C11H14O2/c1-9(8-13-2)11(12)10-6-4-3-5-7-10/h3-7,9H,8H2,1-2H3/t9-/m0/s1. The maximum atomic E-state index is 11.7. The molecule has 0 saturated carbocycles. The Morgan fingerprint density at radius 1 is 1.38 bits per heavy atom. The van der Waals surface area contributed by atoms with Crippen LogP contribution in [-0.4, -0.2) is 19.5 Å². The van der Waals surface area contributed by atoms with Crippen molar-refractivity contribution in [2.75, 3.05) is 13.7 Å². The van der Waals surface area contributed by atoms with Crippen molar-refractivity contribution >= 4 is 5.78 Å². The number of carbonyl (C=O) groups excluding carboxylic acids is 1. The van der Waals surface area contributed by atoms with Crippen molar-refractivity contribution in [3.05, 3.63) is 35.9 Å². The normalized spacial score (nSPS) is 12.5. The van der Waals surface area contributed by atoms with Crippen molar-refractivity contribution in [1.82, 2.24) is 0 Å². The third-order valence-corrected chi connectivity index (χ3v) is 1.92. The van der Waals surface area contributed by atoms with Crippen molar-refractivity contribution < 1.29 is 9.53 Å². The number of hydrogen-bond donors (Lipinski definition) is 0. The molecular weight excluding hydrogens is 164 g/mol. The number of hydrogen-bond acceptors (Lipinski definition) is 2. The summed E-state index contributed by atoms with van der Waals surface area (Å²) in [5.74, 6) is 0.0786. The van der Waals surface area contributed by atoms with E-state index in [0.29, 0.717) is 6.61 Å². The first-order valence-corrected chi connectivity index (χ1v) is 4.34. The van der Waals surface area contributed by atoms with Crippen LogP contribution in [0.2, 0.25) is 0 Å². The van der Waals surface area contributed by atoms with Crippen LogP contribution in [0.15, 0.2) is 30.3 Å². The number of methoxy groups -OCH3 is 1. The van der Waals surface area contributed by atoms with Crippen molar-refractivity contribution in [3.8, 4) is 0 Å². The first-order chi connectivity index (χ1) is 6.25. The second-order valence-corrected chi connectivity index (χ2v) is 3.09. The highest BCUT2D eigenvalue weighted by atomic mass is 16.5. The Labute approximate surface area is 78.5 Å². The van der Waals surface area contributed by atoms with Crippen molar-refractivity contribution in [2.24, 2.45) is 5.92 Å². The lowest BCUT2D eigenvalue weighted by atomic mass is 10.0. The van der Waals surface area contributed by atoms with Crippen LogP contribution < -0.4 is 0 Å². The van der Waals surface area contributed by atoms with Gasteiger partial charge in [-0.2, -0.15) is 0 Å². The van der Waals surface area contributed by atoms with Gasteiger partial charge in [0.2, 0.25) is 0 Å². The third kappa shape index (κ3) is 2.67. The molecule has 0 aliphatic rings. The van der Waals surface area contributed by atoms with E-state index >= 15 is 0 Å². The molecule has 13 heavy (non-hydrogen) atoms. The van der Waals surface area contributed by atoms with Gasteiger partial charge < -0.3 is 4.74 Å². The molecule has 0 spiro atoms. The fourth-order valence-electron chi connectivity index (χ4n) is 1.21. The molecule has 1 aromatic rings.